The van der Waals surface area contributed by atoms with E-state index in [1.54, 1.807) is 42.5 Å². The Hall–Kier alpha value is -2.87. The van der Waals surface area contributed by atoms with Crippen molar-refractivity contribution in [3.63, 3.8) is 0 Å². The molecule has 172 valence electrons. The Balaban J connectivity index is 1.79. The molecule has 0 aromatic heterocycles. The summed E-state index contributed by atoms with van der Waals surface area (Å²) in [6.45, 7) is 1.99. The van der Waals surface area contributed by atoms with Gasteiger partial charge in [-0.15, -0.1) is 0 Å². The highest BCUT2D eigenvalue weighted by Gasteiger charge is 2.27. The molecule has 7 nitrogen and oxygen atoms in total. The standard InChI is InChI=1S/C24H31N3O4S/c1-2-31-22-15-17-23(18-16-22)32(29,30)27(21-13-9-6-10-14-21)19-24(28)26-25-20-11-7-4-3-5-8-12-20/h6,9-10,13-18H,2-5,7-8,11-12,19H2,1H3,(H,26,28). The van der Waals surface area contributed by atoms with Crippen LogP contribution in [-0.2, 0) is 14.8 Å². The highest BCUT2D eigenvalue weighted by Crippen LogP contribution is 2.25. The van der Waals surface area contributed by atoms with E-state index in [4.69, 9.17) is 4.74 Å². The van der Waals surface area contributed by atoms with Crippen molar-refractivity contribution in [1.82, 2.24) is 5.43 Å². The first-order chi connectivity index (χ1) is 15.5. The molecule has 0 aliphatic heterocycles. The Bertz CT molecular complexity index is 995. The van der Waals surface area contributed by atoms with Gasteiger partial charge < -0.3 is 4.74 Å². The molecule has 1 amide bonds. The zero-order chi connectivity index (χ0) is 22.8. The van der Waals surface area contributed by atoms with Crippen LogP contribution < -0.4 is 14.5 Å². The van der Waals surface area contributed by atoms with Gasteiger partial charge >= 0.3 is 0 Å². The molecule has 0 atom stereocenters. The van der Waals surface area contributed by atoms with Gasteiger partial charge in [0.1, 0.15) is 12.3 Å². The van der Waals surface area contributed by atoms with Gasteiger partial charge in [-0.3, -0.25) is 9.10 Å². The molecule has 1 N–H and O–H groups in total. The molecule has 2 aromatic carbocycles. The number of rotatable bonds is 8. The molecule has 1 fully saturated rings. The molecule has 8 heteroatoms. The van der Waals surface area contributed by atoms with E-state index in [1.807, 2.05) is 6.92 Å². The molecule has 0 spiro atoms. The number of carbonyl (C=O) groups excluding carboxylic acids is 1. The van der Waals surface area contributed by atoms with E-state index in [0.29, 0.717) is 18.0 Å². The number of amides is 1. The minimum absolute atomic E-state index is 0.0870. The topological polar surface area (TPSA) is 88.1 Å². The second-order valence-corrected chi connectivity index (χ2v) is 9.59. The predicted molar refractivity (Wildman–Crippen MR) is 126 cm³/mol. The summed E-state index contributed by atoms with van der Waals surface area (Å²) in [5.41, 5.74) is 3.96. The summed E-state index contributed by atoms with van der Waals surface area (Å²) in [6, 6.07) is 14.8. The maximum Gasteiger partial charge on any atom is 0.264 e. The number of nitrogens with one attached hydrogen (secondary N) is 1. The maximum atomic E-state index is 13.4. The van der Waals surface area contributed by atoms with Crippen LogP contribution in [0.4, 0.5) is 5.69 Å². The molecule has 0 unspecified atom stereocenters. The van der Waals surface area contributed by atoms with E-state index >= 15 is 0 Å². The fourth-order valence-electron chi connectivity index (χ4n) is 3.64. The number of sulfonamides is 1. The molecule has 1 aliphatic carbocycles. The quantitative estimate of drug-likeness (QED) is 0.591. The molecule has 0 saturated heterocycles. The van der Waals surface area contributed by atoms with Crippen molar-refractivity contribution in [2.24, 2.45) is 5.10 Å². The van der Waals surface area contributed by atoms with Gasteiger partial charge in [-0.05, 0) is 69.0 Å². The molecule has 32 heavy (non-hydrogen) atoms. The fourth-order valence-corrected chi connectivity index (χ4v) is 5.06. The van der Waals surface area contributed by atoms with Gasteiger partial charge in [0, 0.05) is 5.71 Å². The van der Waals surface area contributed by atoms with E-state index in [0.717, 1.165) is 35.7 Å². The Kier molecular flexibility index (Phi) is 8.67. The van der Waals surface area contributed by atoms with Gasteiger partial charge in [0.15, 0.2) is 0 Å². The lowest BCUT2D eigenvalue weighted by atomic mass is 9.99. The van der Waals surface area contributed by atoms with E-state index < -0.39 is 15.9 Å². The summed E-state index contributed by atoms with van der Waals surface area (Å²) in [4.78, 5) is 12.8. The van der Waals surface area contributed by atoms with Crippen LogP contribution in [0.15, 0.2) is 64.6 Å². The minimum Gasteiger partial charge on any atom is -0.494 e. The van der Waals surface area contributed by atoms with Gasteiger partial charge in [0.2, 0.25) is 0 Å². The first-order valence-electron chi connectivity index (χ1n) is 11.2. The lowest BCUT2D eigenvalue weighted by Crippen LogP contribution is -2.39. The SMILES string of the molecule is CCOc1ccc(S(=O)(=O)N(CC(=O)NN=C2CCCCCCC2)c2ccccc2)cc1. The van der Waals surface area contributed by atoms with Crippen LogP contribution in [-0.4, -0.2) is 33.2 Å². The second kappa shape index (κ2) is 11.7. The number of hydrogen-bond acceptors (Lipinski definition) is 5. The number of hydrazone groups is 1. The summed E-state index contributed by atoms with van der Waals surface area (Å²) in [7, 11) is -3.97. The first-order valence-corrected chi connectivity index (χ1v) is 12.6. The first kappa shape index (κ1) is 23.8. The molecule has 2 aromatic rings. The number of para-hydroxylation sites is 1. The Morgan fingerprint density at radius 3 is 2.22 bits per heavy atom. The Morgan fingerprint density at radius 1 is 0.969 bits per heavy atom. The van der Waals surface area contributed by atoms with Crippen LogP contribution >= 0.6 is 0 Å². The number of anilines is 1. The monoisotopic (exact) mass is 457 g/mol. The van der Waals surface area contributed by atoms with Crippen LogP contribution in [0.5, 0.6) is 5.75 Å². The average molecular weight is 458 g/mol. The summed E-state index contributed by atoms with van der Waals surface area (Å²) in [6.07, 6.45) is 7.47. The molecule has 3 rings (SSSR count). The van der Waals surface area contributed by atoms with Crippen molar-refractivity contribution in [3.05, 3.63) is 54.6 Å². The maximum absolute atomic E-state index is 13.4. The molecule has 1 aliphatic rings. The Morgan fingerprint density at radius 2 is 1.59 bits per heavy atom. The van der Waals surface area contributed by atoms with Gasteiger partial charge in [-0.25, -0.2) is 13.8 Å². The van der Waals surface area contributed by atoms with E-state index in [1.165, 1.54) is 31.4 Å². The molecular weight excluding hydrogens is 426 g/mol. The minimum atomic E-state index is -3.97. The molecule has 1 saturated carbocycles. The zero-order valence-corrected chi connectivity index (χ0v) is 19.3. The third-order valence-electron chi connectivity index (χ3n) is 5.32. The number of hydrogen-bond donors (Lipinski definition) is 1. The fraction of sp³-hybridized carbons (Fsp3) is 0.417. The van der Waals surface area contributed by atoms with Crippen molar-refractivity contribution in [1.29, 1.82) is 0 Å². The van der Waals surface area contributed by atoms with Gasteiger partial charge in [0.05, 0.1) is 17.2 Å². The second-order valence-electron chi connectivity index (χ2n) is 7.73. The molecule has 0 bridgehead atoms. The zero-order valence-electron chi connectivity index (χ0n) is 18.5. The van der Waals surface area contributed by atoms with Crippen molar-refractivity contribution in [2.45, 2.75) is 56.8 Å². The Labute approximate surface area is 190 Å². The van der Waals surface area contributed by atoms with Crippen LogP contribution in [0.3, 0.4) is 0 Å². The van der Waals surface area contributed by atoms with E-state index in [9.17, 15) is 13.2 Å². The highest BCUT2D eigenvalue weighted by atomic mass is 32.2. The van der Waals surface area contributed by atoms with Crippen LogP contribution in [0.1, 0.15) is 51.9 Å². The largest absolute Gasteiger partial charge is 0.494 e. The van der Waals surface area contributed by atoms with Gasteiger partial charge in [-0.1, -0.05) is 37.5 Å². The van der Waals surface area contributed by atoms with Crippen LogP contribution in [0.2, 0.25) is 0 Å². The number of nitrogens with zero attached hydrogens (tertiary/aromatic N) is 2. The summed E-state index contributed by atoms with van der Waals surface area (Å²) in [5, 5.41) is 4.30. The number of ether oxygens (including phenoxy) is 1. The molecule has 0 radical (unpaired) electrons. The van der Waals surface area contributed by atoms with Crippen LogP contribution in [0, 0.1) is 0 Å². The molecule has 0 heterocycles. The van der Waals surface area contributed by atoms with Crippen molar-refractivity contribution >= 4 is 27.3 Å². The lowest BCUT2D eigenvalue weighted by Gasteiger charge is -2.24. The molecular formula is C24H31N3O4S. The van der Waals surface area contributed by atoms with Crippen molar-refractivity contribution < 1.29 is 17.9 Å². The third-order valence-corrected chi connectivity index (χ3v) is 7.11. The predicted octanol–water partition coefficient (Wildman–Crippen LogP) is 4.50. The highest BCUT2D eigenvalue weighted by molar-refractivity contribution is 7.92. The lowest BCUT2D eigenvalue weighted by molar-refractivity contribution is -0.119. The van der Waals surface area contributed by atoms with Gasteiger partial charge in [0.25, 0.3) is 15.9 Å². The number of carbonyl (C=O) groups is 1. The normalized spacial score (nSPS) is 14.7. The van der Waals surface area contributed by atoms with E-state index in [2.05, 4.69) is 10.5 Å². The van der Waals surface area contributed by atoms with E-state index in [-0.39, 0.29) is 11.4 Å². The summed E-state index contributed by atoms with van der Waals surface area (Å²) < 4.78 is 33.3. The van der Waals surface area contributed by atoms with Crippen LogP contribution in [0.25, 0.3) is 0 Å². The number of benzene rings is 2. The van der Waals surface area contributed by atoms with Crippen molar-refractivity contribution in [2.75, 3.05) is 17.5 Å². The third kappa shape index (κ3) is 6.56. The smallest absolute Gasteiger partial charge is 0.264 e. The van der Waals surface area contributed by atoms with Gasteiger partial charge in [-0.2, -0.15) is 5.10 Å². The summed E-state index contributed by atoms with van der Waals surface area (Å²) in [5.74, 6) is 0.114. The average Bonchev–Trinajstić information content (AvgIpc) is 2.78. The summed E-state index contributed by atoms with van der Waals surface area (Å²) >= 11 is 0. The van der Waals surface area contributed by atoms with Crippen molar-refractivity contribution in [3.8, 4) is 5.75 Å².